The lowest BCUT2D eigenvalue weighted by molar-refractivity contribution is 0.288. The predicted octanol–water partition coefficient (Wildman–Crippen LogP) is 5.18. The van der Waals surface area contributed by atoms with Crippen LogP contribution in [0.5, 0.6) is 23.3 Å². The third-order valence-electron chi connectivity index (χ3n) is 5.06. The molecular weight excluding hydrogens is 354 g/mol. The van der Waals surface area contributed by atoms with Gasteiger partial charge in [0.25, 0.3) is 0 Å². The average molecular weight is 383 g/mol. The van der Waals surface area contributed by atoms with Gasteiger partial charge in [-0.15, -0.1) is 0 Å². The Morgan fingerprint density at radius 3 is 2.39 bits per heavy atom. The third-order valence-corrected chi connectivity index (χ3v) is 5.06. The normalized spacial score (nSPS) is 11.1. The van der Waals surface area contributed by atoms with Gasteiger partial charge in [0.05, 0.1) is 24.5 Å². The Morgan fingerprint density at radius 2 is 1.71 bits per heavy atom. The largest absolute Gasteiger partial charge is 0.494 e. The summed E-state index contributed by atoms with van der Waals surface area (Å²) in [5.74, 6) is 1.08. The molecular formula is C23H29NO4. The molecule has 5 heteroatoms. The highest BCUT2D eigenvalue weighted by Gasteiger charge is 2.22. The van der Waals surface area contributed by atoms with Gasteiger partial charge in [-0.25, -0.2) is 0 Å². The molecule has 0 amide bonds. The van der Waals surface area contributed by atoms with Crippen LogP contribution in [0.2, 0.25) is 0 Å². The van der Waals surface area contributed by atoms with E-state index >= 15 is 0 Å². The minimum Gasteiger partial charge on any atom is -0.494 e. The molecule has 3 aromatic rings. The van der Waals surface area contributed by atoms with E-state index in [1.807, 2.05) is 0 Å². The van der Waals surface area contributed by atoms with Gasteiger partial charge in [0.1, 0.15) is 0 Å². The Hall–Kier alpha value is -2.82. The summed E-state index contributed by atoms with van der Waals surface area (Å²) in [6.45, 7) is 5.19. The fourth-order valence-corrected chi connectivity index (χ4v) is 3.39. The van der Waals surface area contributed by atoms with Crippen LogP contribution in [0, 0.1) is 6.92 Å². The molecule has 0 saturated heterocycles. The summed E-state index contributed by atoms with van der Waals surface area (Å²) in [4.78, 5) is 0. The molecule has 2 aromatic carbocycles. The van der Waals surface area contributed by atoms with Crippen molar-refractivity contribution in [3.8, 4) is 23.3 Å². The van der Waals surface area contributed by atoms with Gasteiger partial charge in [-0.2, -0.15) is 0 Å². The molecule has 0 fully saturated rings. The van der Waals surface area contributed by atoms with E-state index in [4.69, 9.17) is 9.47 Å². The van der Waals surface area contributed by atoms with Crippen LogP contribution in [-0.4, -0.2) is 28.5 Å². The first-order chi connectivity index (χ1) is 13.6. The maximum absolute atomic E-state index is 10.9. The van der Waals surface area contributed by atoms with Crippen molar-refractivity contribution in [1.82, 2.24) is 4.57 Å². The van der Waals surface area contributed by atoms with E-state index in [2.05, 4.69) is 38.1 Å². The average Bonchev–Trinajstić information content (AvgIpc) is 2.95. The molecule has 1 heterocycles. The fraction of sp³-hybridized carbons (Fsp3) is 0.391. The number of nitrogens with zero attached hydrogens (tertiary/aromatic N) is 1. The van der Waals surface area contributed by atoms with Gasteiger partial charge >= 0.3 is 0 Å². The molecule has 150 valence electrons. The Morgan fingerprint density at radius 1 is 0.964 bits per heavy atom. The number of unbranched alkanes of at least 4 members (excludes halogenated alkanes) is 2. The van der Waals surface area contributed by atoms with Crippen LogP contribution in [0.4, 0.5) is 0 Å². The summed E-state index contributed by atoms with van der Waals surface area (Å²) in [7, 11) is 1.57. The number of hydrogen-bond acceptors (Lipinski definition) is 4. The zero-order valence-corrected chi connectivity index (χ0v) is 16.9. The van der Waals surface area contributed by atoms with Gasteiger partial charge in [0.15, 0.2) is 11.5 Å². The van der Waals surface area contributed by atoms with E-state index < -0.39 is 0 Å². The highest BCUT2D eigenvalue weighted by molar-refractivity contribution is 5.99. The van der Waals surface area contributed by atoms with Crippen LogP contribution >= 0.6 is 0 Å². The summed E-state index contributed by atoms with van der Waals surface area (Å²) < 4.78 is 12.9. The minimum atomic E-state index is 0.00371. The first-order valence-corrected chi connectivity index (χ1v) is 9.86. The lowest BCUT2D eigenvalue weighted by atomic mass is 10.1. The van der Waals surface area contributed by atoms with Crippen molar-refractivity contribution in [2.75, 3.05) is 13.7 Å². The lowest BCUT2D eigenvalue weighted by Crippen LogP contribution is -2.01. The molecule has 5 nitrogen and oxygen atoms in total. The maximum Gasteiger partial charge on any atom is 0.206 e. The standard InChI is InChI=1S/C23H29NO4/c1-4-5-6-15-28-21-19(27-3)12-11-18-20(21)23(26)24(22(18)25)14-13-17-9-7-16(2)8-10-17/h7-12,25-26H,4-6,13-15H2,1-3H3. The van der Waals surface area contributed by atoms with E-state index in [-0.39, 0.29) is 11.8 Å². The predicted molar refractivity (Wildman–Crippen MR) is 112 cm³/mol. The molecule has 3 rings (SSSR count). The summed E-state index contributed by atoms with van der Waals surface area (Å²) in [6, 6.07) is 11.8. The quantitative estimate of drug-likeness (QED) is 0.500. The van der Waals surface area contributed by atoms with Gasteiger partial charge in [0.2, 0.25) is 11.8 Å². The van der Waals surface area contributed by atoms with Gasteiger partial charge in [-0.3, -0.25) is 4.57 Å². The number of hydrogen-bond donors (Lipinski definition) is 2. The Labute approximate surface area is 166 Å². The number of ether oxygens (including phenoxy) is 2. The van der Waals surface area contributed by atoms with Crippen LogP contribution in [-0.2, 0) is 13.0 Å². The molecule has 0 unspecified atom stereocenters. The van der Waals surface area contributed by atoms with Crippen molar-refractivity contribution in [3.05, 3.63) is 47.5 Å². The zero-order chi connectivity index (χ0) is 20.1. The number of benzene rings is 2. The van der Waals surface area contributed by atoms with Gasteiger partial charge in [-0.1, -0.05) is 49.6 Å². The molecule has 0 aliphatic heterocycles. The van der Waals surface area contributed by atoms with Gasteiger partial charge < -0.3 is 19.7 Å². The number of fused-ring (bicyclic) bond motifs is 1. The van der Waals surface area contributed by atoms with E-state index in [1.165, 1.54) is 10.1 Å². The van der Waals surface area contributed by atoms with Gasteiger partial charge in [-0.05, 0) is 37.5 Å². The molecule has 0 radical (unpaired) electrons. The molecule has 0 aliphatic carbocycles. The molecule has 0 saturated carbocycles. The Kier molecular flexibility index (Phi) is 6.34. The second kappa shape index (κ2) is 8.91. The van der Waals surface area contributed by atoms with E-state index in [9.17, 15) is 10.2 Å². The highest BCUT2D eigenvalue weighted by atomic mass is 16.5. The Balaban J connectivity index is 1.92. The van der Waals surface area contributed by atoms with Crippen molar-refractivity contribution in [3.63, 3.8) is 0 Å². The maximum atomic E-state index is 10.9. The van der Waals surface area contributed by atoms with E-state index in [0.717, 1.165) is 24.8 Å². The second-order valence-electron chi connectivity index (χ2n) is 7.11. The van der Waals surface area contributed by atoms with Crippen molar-refractivity contribution >= 4 is 10.8 Å². The van der Waals surface area contributed by atoms with Crippen molar-refractivity contribution in [1.29, 1.82) is 0 Å². The molecule has 2 N–H and O–H groups in total. The van der Waals surface area contributed by atoms with Crippen LogP contribution in [0.1, 0.15) is 37.3 Å². The molecule has 0 aliphatic rings. The lowest BCUT2D eigenvalue weighted by Gasteiger charge is -2.12. The molecule has 28 heavy (non-hydrogen) atoms. The number of aryl methyl sites for hydroxylation is 2. The smallest absolute Gasteiger partial charge is 0.206 e. The van der Waals surface area contributed by atoms with Crippen molar-refractivity contribution < 1.29 is 19.7 Å². The summed E-state index contributed by atoms with van der Waals surface area (Å²) in [6.07, 6.45) is 3.81. The number of aromatic nitrogens is 1. The van der Waals surface area contributed by atoms with Crippen LogP contribution in [0.3, 0.4) is 0 Å². The Bertz CT molecular complexity index is 928. The summed E-state index contributed by atoms with van der Waals surface area (Å²) in [5.41, 5.74) is 2.36. The highest BCUT2D eigenvalue weighted by Crippen LogP contribution is 2.46. The molecule has 1 aromatic heterocycles. The molecule has 0 spiro atoms. The number of rotatable bonds is 9. The fourth-order valence-electron chi connectivity index (χ4n) is 3.39. The van der Waals surface area contributed by atoms with Crippen LogP contribution in [0.15, 0.2) is 36.4 Å². The van der Waals surface area contributed by atoms with E-state index in [1.54, 1.807) is 19.2 Å². The monoisotopic (exact) mass is 383 g/mol. The second-order valence-corrected chi connectivity index (χ2v) is 7.11. The zero-order valence-electron chi connectivity index (χ0n) is 16.9. The number of methoxy groups -OCH3 is 1. The SMILES string of the molecule is CCCCCOc1c(OC)ccc2c(O)n(CCc3ccc(C)cc3)c(O)c12. The third kappa shape index (κ3) is 4.03. The minimum absolute atomic E-state index is 0.00371. The van der Waals surface area contributed by atoms with E-state index in [0.29, 0.717) is 41.8 Å². The topological polar surface area (TPSA) is 63.8 Å². The number of aromatic hydroxyl groups is 2. The van der Waals surface area contributed by atoms with Crippen molar-refractivity contribution in [2.45, 2.75) is 46.1 Å². The van der Waals surface area contributed by atoms with Gasteiger partial charge in [0, 0.05) is 6.54 Å². The first-order valence-electron chi connectivity index (χ1n) is 9.86. The summed E-state index contributed by atoms with van der Waals surface area (Å²) >= 11 is 0. The van der Waals surface area contributed by atoms with Crippen LogP contribution < -0.4 is 9.47 Å². The first kappa shape index (κ1) is 19.9. The summed E-state index contributed by atoms with van der Waals surface area (Å²) in [5, 5.41) is 22.6. The van der Waals surface area contributed by atoms with Crippen LogP contribution in [0.25, 0.3) is 10.8 Å². The van der Waals surface area contributed by atoms with Crippen molar-refractivity contribution in [2.24, 2.45) is 0 Å². The molecule has 0 atom stereocenters. The molecule has 0 bridgehead atoms.